The fourth-order valence-corrected chi connectivity index (χ4v) is 5.32. The van der Waals surface area contributed by atoms with Gasteiger partial charge < -0.3 is 0 Å². The molecule has 0 radical (unpaired) electrons. The molecule has 1 aliphatic rings. The van der Waals surface area contributed by atoms with Crippen LogP contribution < -0.4 is 0 Å². The third-order valence-corrected chi connectivity index (χ3v) is 7.36. The van der Waals surface area contributed by atoms with Gasteiger partial charge in [0.15, 0.2) is 0 Å². The summed E-state index contributed by atoms with van der Waals surface area (Å²) in [5, 5.41) is 9.35. The van der Waals surface area contributed by atoms with Gasteiger partial charge in [0.05, 0.1) is 28.9 Å². The zero-order valence-electron chi connectivity index (χ0n) is 17.8. The molecule has 0 N–H and O–H groups in total. The zero-order valence-corrected chi connectivity index (χ0v) is 19.4. The minimum atomic E-state index is 0.606. The quantitative estimate of drug-likeness (QED) is 0.579. The molecule has 1 fully saturated rings. The van der Waals surface area contributed by atoms with Gasteiger partial charge in [0.1, 0.15) is 0 Å². The van der Waals surface area contributed by atoms with Crippen LogP contribution in [0.2, 0.25) is 0 Å². The molecule has 3 rings (SSSR count). The van der Waals surface area contributed by atoms with E-state index in [2.05, 4.69) is 70.5 Å². The number of aromatic nitrogens is 4. The van der Waals surface area contributed by atoms with Crippen LogP contribution in [0, 0.1) is 39.5 Å². The Kier molecular flexibility index (Phi) is 7.34. The molecule has 2 heterocycles. The Hall–Kier alpha value is -1.18. The minimum absolute atomic E-state index is 0.606. The van der Waals surface area contributed by atoms with Crippen LogP contribution in [0.25, 0.3) is 0 Å². The summed E-state index contributed by atoms with van der Waals surface area (Å²) in [7, 11) is 0. The van der Waals surface area contributed by atoms with Gasteiger partial charge in [-0.15, -0.1) is 11.8 Å². The molecule has 28 heavy (non-hydrogen) atoms. The Bertz CT molecular complexity index is 762. The largest absolute Gasteiger partial charge is 0.265 e. The number of hydrogen-bond donors (Lipinski definition) is 0. The highest BCUT2D eigenvalue weighted by Crippen LogP contribution is 2.37. The average Bonchev–Trinajstić information content (AvgIpc) is 3.32. The molecule has 7 heteroatoms. The van der Waals surface area contributed by atoms with Crippen molar-refractivity contribution in [3.05, 3.63) is 34.9 Å². The summed E-state index contributed by atoms with van der Waals surface area (Å²) in [5.74, 6) is 1.32. The molecule has 0 spiro atoms. The highest BCUT2D eigenvalue weighted by Gasteiger charge is 2.30. The van der Waals surface area contributed by atoms with Crippen LogP contribution in [-0.4, -0.2) is 41.5 Å². The monoisotopic (exact) mass is 419 g/mol. The predicted molar refractivity (Wildman–Crippen MR) is 122 cm³/mol. The van der Waals surface area contributed by atoms with Crippen LogP contribution >= 0.6 is 24.0 Å². The standard InChI is InChI=1S/C21H33N5S2/c1-15-11-17(3)25(22-15)13-24(14-26-18(4)12-16(2)23-26)10-9-19-7-6-8-20(19)21(27)28-5/h11-12,19-20H,6-10,13-14H2,1-5H3. The second-order valence-corrected chi connectivity index (χ2v) is 9.69. The first-order chi connectivity index (χ1) is 13.4. The third kappa shape index (κ3) is 5.24. The average molecular weight is 420 g/mol. The van der Waals surface area contributed by atoms with E-state index >= 15 is 0 Å². The van der Waals surface area contributed by atoms with Gasteiger partial charge in [-0.25, -0.2) is 0 Å². The van der Waals surface area contributed by atoms with Crippen molar-refractivity contribution < 1.29 is 0 Å². The van der Waals surface area contributed by atoms with Crippen molar-refractivity contribution in [1.82, 2.24) is 24.5 Å². The van der Waals surface area contributed by atoms with E-state index in [0.29, 0.717) is 11.8 Å². The SMILES string of the molecule is CSC(=S)C1CCCC1CCN(Cn1nc(C)cc1C)Cn1nc(C)cc1C. The fraction of sp³-hybridized carbons (Fsp3) is 0.667. The van der Waals surface area contributed by atoms with E-state index in [1.165, 1.54) is 41.3 Å². The molecule has 1 saturated carbocycles. The van der Waals surface area contributed by atoms with Gasteiger partial charge in [-0.05, 0) is 71.3 Å². The van der Waals surface area contributed by atoms with E-state index in [0.717, 1.165) is 31.3 Å². The van der Waals surface area contributed by atoms with Crippen molar-refractivity contribution in [3.8, 4) is 0 Å². The van der Waals surface area contributed by atoms with Gasteiger partial charge >= 0.3 is 0 Å². The lowest BCUT2D eigenvalue weighted by Gasteiger charge is -2.27. The van der Waals surface area contributed by atoms with E-state index in [4.69, 9.17) is 12.2 Å². The Morgan fingerprint density at radius 3 is 2.11 bits per heavy atom. The number of nitrogens with zero attached hydrogens (tertiary/aromatic N) is 5. The first-order valence-electron chi connectivity index (χ1n) is 10.2. The lowest BCUT2D eigenvalue weighted by molar-refractivity contribution is 0.138. The summed E-state index contributed by atoms with van der Waals surface area (Å²) in [4.78, 5) is 2.47. The molecule has 0 aliphatic heterocycles. The van der Waals surface area contributed by atoms with E-state index in [1.807, 2.05) is 0 Å². The molecule has 2 unspecified atom stereocenters. The van der Waals surface area contributed by atoms with Gasteiger partial charge in [0.2, 0.25) is 0 Å². The van der Waals surface area contributed by atoms with Crippen LogP contribution in [0.1, 0.15) is 48.5 Å². The second kappa shape index (κ2) is 9.55. The van der Waals surface area contributed by atoms with E-state index in [1.54, 1.807) is 11.8 Å². The van der Waals surface area contributed by atoms with E-state index in [-0.39, 0.29) is 0 Å². The summed E-state index contributed by atoms with van der Waals surface area (Å²) in [6.45, 7) is 11.0. The Balaban J connectivity index is 1.71. The van der Waals surface area contributed by atoms with Gasteiger partial charge in [-0.3, -0.25) is 14.3 Å². The fourth-order valence-electron chi connectivity index (χ4n) is 4.39. The molecule has 5 nitrogen and oxygen atoms in total. The maximum Gasteiger partial charge on any atom is 0.0946 e. The van der Waals surface area contributed by atoms with Crippen LogP contribution in [-0.2, 0) is 13.3 Å². The van der Waals surface area contributed by atoms with Gasteiger partial charge in [0.25, 0.3) is 0 Å². The summed E-state index contributed by atoms with van der Waals surface area (Å²) in [5.41, 5.74) is 4.56. The van der Waals surface area contributed by atoms with Crippen molar-refractivity contribution in [2.75, 3.05) is 12.8 Å². The maximum atomic E-state index is 5.64. The van der Waals surface area contributed by atoms with Crippen LogP contribution in [0.4, 0.5) is 0 Å². The summed E-state index contributed by atoms with van der Waals surface area (Å²) in [6.07, 6.45) is 7.18. The Morgan fingerprint density at radius 1 is 1.07 bits per heavy atom. The molecule has 0 amide bonds. The number of thioether (sulfide) groups is 1. The minimum Gasteiger partial charge on any atom is -0.265 e. The molecule has 1 aliphatic carbocycles. The molecule has 0 bridgehead atoms. The molecule has 2 atom stereocenters. The Labute approximate surface area is 178 Å². The van der Waals surface area contributed by atoms with Crippen LogP contribution in [0.5, 0.6) is 0 Å². The third-order valence-electron chi connectivity index (χ3n) is 5.85. The highest BCUT2D eigenvalue weighted by molar-refractivity contribution is 8.22. The smallest absolute Gasteiger partial charge is 0.0946 e. The first-order valence-corrected chi connectivity index (χ1v) is 11.8. The van der Waals surface area contributed by atoms with Crippen LogP contribution in [0.15, 0.2) is 12.1 Å². The number of hydrogen-bond acceptors (Lipinski definition) is 5. The van der Waals surface area contributed by atoms with Crippen molar-refractivity contribution in [3.63, 3.8) is 0 Å². The van der Waals surface area contributed by atoms with Crippen LogP contribution in [0.3, 0.4) is 0 Å². The molecular formula is C21H33N5S2. The van der Waals surface area contributed by atoms with E-state index in [9.17, 15) is 0 Å². The number of aryl methyl sites for hydroxylation is 4. The number of thiocarbonyl (C=S) groups is 1. The van der Waals surface area contributed by atoms with Crippen molar-refractivity contribution in [2.45, 2.75) is 66.7 Å². The van der Waals surface area contributed by atoms with Gasteiger partial charge in [-0.2, -0.15) is 10.2 Å². The second-order valence-electron chi connectivity index (χ2n) is 8.14. The molecule has 0 aromatic carbocycles. The molecular weight excluding hydrogens is 386 g/mol. The molecule has 2 aromatic heterocycles. The van der Waals surface area contributed by atoms with Crippen molar-refractivity contribution >= 4 is 28.2 Å². The zero-order chi connectivity index (χ0) is 20.3. The lowest BCUT2D eigenvalue weighted by atomic mass is 9.94. The number of rotatable bonds is 8. The summed E-state index contributed by atoms with van der Waals surface area (Å²) in [6, 6.07) is 4.29. The lowest BCUT2D eigenvalue weighted by Crippen LogP contribution is -2.33. The predicted octanol–water partition coefficient (Wildman–Crippen LogP) is 4.73. The topological polar surface area (TPSA) is 38.9 Å². The molecule has 154 valence electrons. The summed E-state index contributed by atoms with van der Waals surface area (Å²) < 4.78 is 5.42. The van der Waals surface area contributed by atoms with Gasteiger partial charge in [-0.1, -0.05) is 18.6 Å². The normalized spacial score (nSPS) is 19.6. The van der Waals surface area contributed by atoms with E-state index < -0.39 is 0 Å². The first kappa shape index (κ1) is 21.5. The highest BCUT2D eigenvalue weighted by atomic mass is 32.2. The molecule has 0 saturated heterocycles. The molecule has 2 aromatic rings. The van der Waals surface area contributed by atoms with Crippen molar-refractivity contribution in [2.24, 2.45) is 11.8 Å². The van der Waals surface area contributed by atoms with Crippen molar-refractivity contribution in [1.29, 1.82) is 0 Å². The van der Waals surface area contributed by atoms with Gasteiger partial charge in [0, 0.05) is 23.9 Å². The summed E-state index contributed by atoms with van der Waals surface area (Å²) >= 11 is 7.41. The maximum absolute atomic E-state index is 5.64. The Morgan fingerprint density at radius 2 is 1.64 bits per heavy atom.